The van der Waals surface area contributed by atoms with Crippen LogP contribution in [0.1, 0.15) is 63.4 Å². The fourth-order valence-electron chi connectivity index (χ4n) is 4.95. The zero-order valence-electron chi connectivity index (χ0n) is 19.1. The minimum absolute atomic E-state index is 0.226. The summed E-state index contributed by atoms with van der Waals surface area (Å²) in [5.74, 6) is 0.784. The number of amides is 1. The molecule has 0 saturated carbocycles. The molecule has 1 aromatic rings. The second kappa shape index (κ2) is 12.5. The Hall–Kier alpha value is -1.70. The van der Waals surface area contributed by atoms with E-state index in [9.17, 15) is 13.2 Å². The summed E-state index contributed by atoms with van der Waals surface area (Å²) in [7, 11) is -3.46. The van der Waals surface area contributed by atoms with E-state index in [0.29, 0.717) is 37.1 Å². The van der Waals surface area contributed by atoms with Crippen molar-refractivity contribution in [3.05, 3.63) is 48.0 Å². The Morgan fingerprint density at radius 2 is 1.84 bits per heavy atom. The Labute approximate surface area is 192 Å². The van der Waals surface area contributed by atoms with Gasteiger partial charge >= 0.3 is 0 Å². The first kappa shape index (κ1) is 24.9. The van der Waals surface area contributed by atoms with Gasteiger partial charge < -0.3 is 9.47 Å². The van der Waals surface area contributed by atoms with Gasteiger partial charge in [-0.25, -0.2) is 8.42 Å². The van der Waals surface area contributed by atoms with Crippen LogP contribution in [-0.2, 0) is 30.9 Å². The van der Waals surface area contributed by atoms with Crippen LogP contribution in [0.25, 0.3) is 0 Å². The van der Waals surface area contributed by atoms with Crippen LogP contribution >= 0.6 is 0 Å². The van der Waals surface area contributed by atoms with Gasteiger partial charge in [-0.1, -0.05) is 48.9 Å². The maximum absolute atomic E-state index is 11.5. The molecule has 0 aromatic heterocycles. The number of sulfonamides is 1. The molecule has 2 aliphatic heterocycles. The predicted molar refractivity (Wildman–Crippen MR) is 125 cm³/mol. The third kappa shape index (κ3) is 8.34. The highest BCUT2D eigenvalue weighted by atomic mass is 32.2. The van der Waals surface area contributed by atoms with Crippen LogP contribution in [-0.4, -0.2) is 39.4 Å². The van der Waals surface area contributed by atoms with Crippen molar-refractivity contribution in [3.63, 3.8) is 0 Å². The van der Waals surface area contributed by atoms with Crippen molar-refractivity contribution in [1.82, 2.24) is 4.72 Å². The summed E-state index contributed by atoms with van der Waals surface area (Å²) in [5.41, 5.74) is 1.22. The lowest BCUT2D eigenvalue weighted by Crippen LogP contribution is -2.28. The number of unbranched alkanes of at least 4 members (excludes halogenated alkanes) is 2. The first-order valence-corrected chi connectivity index (χ1v) is 13.7. The molecular weight excluding hydrogens is 426 g/mol. The number of hydrogen-bond donors (Lipinski definition) is 1. The van der Waals surface area contributed by atoms with E-state index >= 15 is 0 Å². The predicted octanol–water partition coefficient (Wildman–Crippen LogP) is 4.36. The van der Waals surface area contributed by atoms with Gasteiger partial charge in [-0.3, -0.25) is 9.52 Å². The van der Waals surface area contributed by atoms with E-state index in [4.69, 9.17) is 9.47 Å². The van der Waals surface area contributed by atoms with Crippen molar-refractivity contribution in [1.29, 1.82) is 0 Å². The largest absolute Gasteiger partial charge is 0.377 e. The van der Waals surface area contributed by atoms with Crippen LogP contribution in [0.4, 0.5) is 0 Å². The molecule has 1 aromatic carbocycles. The summed E-state index contributed by atoms with van der Waals surface area (Å²) in [5, 5.41) is 0. The first-order chi connectivity index (χ1) is 15.4. The van der Waals surface area contributed by atoms with Gasteiger partial charge in [0, 0.05) is 13.0 Å². The van der Waals surface area contributed by atoms with Crippen molar-refractivity contribution in [2.24, 2.45) is 11.8 Å². The van der Waals surface area contributed by atoms with E-state index in [1.165, 1.54) is 31.2 Å². The average molecular weight is 464 g/mol. The molecule has 2 fully saturated rings. The van der Waals surface area contributed by atoms with Gasteiger partial charge in [0.25, 0.3) is 0 Å². The van der Waals surface area contributed by atoms with E-state index in [1.807, 2.05) is 22.9 Å². The molecule has 32 heavy (non-hydrogen) atoms. The van der Waals surface area contributed by atoms with Crippen LogP contribution in [0.5, 0.6) is 0 Å². The van der Waals surface area contributed by atoms with Crippen molar-refractivity contribution in [3.8, 4) is 0 Å². The second-order valence-corrected chi connectivity index (χ2v) is 10.8. The summed E-state index contributed by atoms with van der Waals surface area (Å²) < 4.78 is 36.1. The normalized spacial score (nSPS) is 24.9. The Bertz CT molecular complexity index is 839. The molecule has 0 aliphatic carbocycles. The molecule has 3 rings (SSSR count). The number of nitrogens with one attached hydrogen (secondary N) is 1. The van der Waals surface area contributed by atoms with Gasteiger partial charge in [0.2, 0.25) is 15.9 Å². The molecule has 6 nitrogen and oxygen atoms in total. The van der Waals surface area contributed by atoms with E-state index in [-0.39, 0.29) is 6.42 Å². The van der Waals surface area contributed by atoms with Crippen molar-refractivity contribution in [2.45, 2.75) is 76.6 Å². The Morgan fingerprint density at radius 1 is 1.09 bits per heavy atom. The number of hydrogen-bond acceptors (Lipinski definition) is 5. The smallest absolute Gasteiger partial charge is 0.233 e. The third-order valence-corrected chi connectivity index (χ3v) is 7.03. The fourth-order valence-corrected chi connectivity index (χ4v) is 5.47. The standard InChI is InChI=1S/C25H37NO5S/c1-32(28,29)26-25(27)15-8-3-2-7-13-21-22(24-17-16-23(21)31-24)14-9-10-18-30-19-20-11-5-4-6-12-20/h2,4-7,11-12,21-24H,3,8-10,13-19H2,1H3,(H,26,27)/b7-2-/t21-,22+,23-,24+/m0/s1. The summed E-state index contributed by atoms with van der Waals surface area (Å²) >= 11 is 0. The molecule has 1 N–H and O–H groups in total. The lowest BCUT2D eigenvalue weighted by Gasteiger charge is -2.27. The van der Waals surface area contributed by atoms with Gasteiger partial charge in [0.05, 0.1) is 25.1 Å². The molecule has 2 saturated heterocycles. The van der Waals surface area contributed by atoms with Crippen molar-refractivity contribution in [2.75, 3.05) is 12.9 Å². The molecule has 2 heterocycles. The highest BCUT2D eigenvalue weighted by Gasteiger charge is 2.47. The molecule has 0 spiro atoms. The first-order valence-electron chi connectivity index (χ1n) is 11.8. The molecule has 0 radical (unpaired) electrons. The Morgan fingerprint density at radius 3 is 2.59 bits per heavy atom. The van der Waals surface area contributed by atoms with E-state index in [2.05, 4.69) is 24.3 Å². The summed E-state index contributed by atoms with van der Waals surface area (Å²) in [6.07, 6.45) is 14.6. The second-order valence-electron chi connectivity index (χ2n) is 9.05. The fraction of sp³-hybridized carbons (Fsp3) is 0.640. The number of rotatable bonds is 14. The van der Waals surface area contributed by atoms with E-state index < -0.39 is 15.9 Å². The van der Waals surface area contributed by atoms with Gasteiger partial charge in [-0.05, 0) is 62.3 Å². The summed E-state index contributed by atoms with van der Waals surface area (Å²) in [6, 6.07) is 10.3. The lowest BCUT2D eigenvalue weighted by molar-refractivity contribution is -0.119. The molecule has 2 bridgehead atoms. The third-order valence-electron chi connectivity index (χ3n) is 6.43. The van der Waals surface area contributed by atoms with Gasteiger partial charge in [-0.2, -0.15) is 0 Å². The van der Waals surface area contributed by atoms with Crippen molar-refractivity contribution < 1.29 is 22.7 Å². The van der Waals surface area contributed by atoms with E-state index in [1.54, 1.807) is 0 Å². The molecule has 4 atom stereocenters. The Kier molecular flexibility index (Phi) is 9.75. The van der Waals surface area contributed by atoms with Crippen LogP contribution in [0.2, 0.25) is 0 Å². The SMILES string of the molecule is CS(=O)(=O)NC(=O)CCC/C=C\C[C@H]1[C@@H](CCCCOCc2ccccc2)[C@H]2CC[C@@H]1O2. The molecule has 1 amide bonds. The zero-order valence-corrected chi connectivity index (χ0v) is 19.9. The highest BCUT2D eigenvalue weighted by molar-refractivity contribution is 7.89. The number of carbonyl (C=O) groups is 1. The molecule has 7 heteroatoms. The number of benzene rings is 1. The van der Waals surface area contributed by atoms with Crippen LogP contribution in [0.3, 0.4) is 0 Å². The molecule has 0 unspecified atom stereocenters. The number of allylic oxidation sites excluding steroid dienone is 2. The van der Waals surface area contributed by atoms with Gasteiger partial charge in [-0.15, -0.1) is 0 Å². The monoisotopic (exact) mass is 463 g/mol. The lowest BCUT2D eigenvalue weighted by atomic mass is 9.75. The number of fused-ring (bicyclic) bond motifs is 2. The highest BCUT2D eigenvalue weighted by Crippen LogP contribution is 2.47. The Balaban J connectivity index is 1.30. The molecule has 2 aliphatic rings. The average Bonchev–Trinajstić information content (AvgIpc) is 3.34. The number of ether oxygens (including phenoxy) is 2. The van der Waals surface area contributed by atoms with Gasteiger partial charge in [0.1, 0.15) is 0 Å². The van der Waals surface area contributed by atoms with Gasteiger partial charge in [0.15, 0.2) is 0 Å². The topological polar surface area (TPSA) is 81.7 Å². The molecular formula is C25H37NO5S. The minimum Gasteiger partial charge on any atom is -0.377 e. The molecule has 178 valence electrons. The van der Waals surface area contributed by atoms with Crippen LogP contribution < -0.4 is 4.72 Å². The maximum atomic E-state index is 11.5. The zero-order chi connectivity index (χ0) is 22.8. The summed E-state index contributed by atoms with van der Waals surface area (Å²) in [4.78, 5) is 11.5. The van der Waals surface area contributed by atoms with Crippen molar-refractivity contribution >= 4 is 15.9 Å². The number of carbonyl (C=O) groups excluding carboxylic acids is 1. The maximum Gasteiger partial charge on any atom is 0.233 e. The van der Waals surface area contributed by atoms with Crippen LogP contribution in [0, 0.1) is 11.8 Å². The quantitative estimate of drug-likeness (QED) is 0.327. The summed E-state index contributed by atoms with van der Waals surface area (Å²) in [6.45, 7) is 1.48. The van der Waals surface area contributed by atoms with Crippen LogP contribution in [0.15, 0.2) is 42.5 Å². The minimum atomic E-state index is -3.46. The van der Waals surface area contributed by atoms with E-state index in [0.717, 1.165) is 32.1 Å².